The first kappa shape index (κ1) is 12.0. The Balaban J connectivity index is 1.67. The van der Waals surface area contributed by atoms with Crippen LogP contribution in [-0.4, -0.2) is 11.2 Å². The van der Waals surface area contributed by atoms with Crippen LogP contribution in [0.1, 0.15) is 23.7 Å². The molecule has 0 radical (unpaired) electrons. The van der Waals surface area contributed by atoms with E-state index >= 15 is 0 Å². The predicted molar refractivity (Wildman–Crippen MR) is 90.3 cm³/mol. The van der Waals surface area contributed by atoms with Gasteiger partial charge < -0.3 is 4.98 Å². The van der Waals surface area contributed by atoms with Crippen LogP contribution in [0.5, 0.6) is 0 Å². The lowest BCUT2D eigenvalue weighted by molar-refractivity contribution is 0.482. The van der Waals surface area contributed by atoms with Gasteiger partial charge in [-0.3, -0.25) is 5.01 Å². The lowest BCUT2D eigenvalue weighted by Gasteiger charge is -2.31. The van der Waals surface area contributed by atoms with Gasteiger partial charge in [0.1, 0.15) is 6.04 Å². The van der Waals surface area contributed by atoms with Gasteiger partial charge in [-0.05, 0) is 36.6 Å². The zero-order chi connectivity index (χ0) is 14.5. The Labute approximate surface area is 129 Å². The Morgan fingerprint density at radius 3 is 2.73 bits per heavy atom. The number of hydrogen-bond donors (Lipinski definition) is 1. The van der Waals surface area contributed by atoms with E-state index in [1.807, 2.05) is 0 Å². The van der Waals surface area contributed by atoms with Crippen molar-refractivity contribution in [2.45, 2.75) is 18.9 Å². The van der Waals surface area contributed by atoms with Gasteiger partial charge in [0.2, 0.25) is 0 Å². The smallest absolute Gasteiger partial charge is 0.100 e. The number of nitrogens with zero attached hydrogens (tertiary/aromatic N) is 2. The predicted octanol–water partition coefficient (Wildman–Crippen LogP) is 4.28. The summed E-state index contributed by atoms with van der Waals surface area (Å²) in [4.78, 5) is 3.67. The molecule has 5 rings (SSSR count). The largest absolute Gasteiger partial charge is 0.356 e. The second-order valence-electron chi connectivity index (χ2n) is 6.15. The second-order valence-corrected chi connectivity index (χ2v) is 6.15. The summed E-state index contributed by atoms with van der Waals surface area (Å²) in [5.41, 5.74) is 5.23. The molecule has 0 saturated carbocycles. The lowest BCUT2D eigenvalue weighted by atomic mass is 9.83. The summed E-state index contributed by atoms with van der Waals surface area (Å²) in [6.45, 7) is 0. The average Bonchev–Trinajstić information content (AvgIpc) is 3.16. The first-order chi connectivity index (χ1) is 10.9. The molecule has 2 aromatic carbocycles. The van der Waals surface area contributed by atoms with Crippen LogP contribution in [0, 0.1) is 5.92 Å². The Hall–Kier alpha value is -2.55. The first-order valence-corrected chi connectivity index (χ1v) is 7.90. The fourth-order valence-corrected chi connectivity index (χ4v) is 3.92. The molecule has 0 spiro atoms. The van der Waals surface area contributed by atoms with Crippen molar-refractivity contribution in [3.63, 3.8) is 0 Å². The number of aromatic nitrogens is 1. The Morgan fingerprint density at radius 1 is 1.00 bits per heavy atom. The molecular formula is C19H17N3. The molecule has 0 amide bonds. The molecule has 3 aromatic rings. The van der Waals surface area contributed by atoms with Gasteiger partial charge in [0, 0.05) is 28.7 Å². The minimum Gasteiger partial charge on any atom is -0.356 e. The molecule has 2 aliphatic rings. The van der Waals surface area contributed by atoms with E-state index in [9.17, 15) is 0 Å². The van der Waals surface area contributed by atoms with Gasteiger partial charge in [-0.25, -0.2) is 0 Å². The fourth-order valence-electron chi connectivity index (χ4n) is 3.92. The van der Waals surface area contributed by atoms with E-state index < -0.39 is 0 Å². The monoisotopic (exact) mass is 287 g/mol. The molecule has 1 aliphatic heterocycles. The minimum absolute atomic E-state index is 0.304. The molecule has 0 unspecified atom stereocenters. The third kappa shape index (κ3) is 1.59. The molecule has 22 heavy (non-hydrogen) atoms. The molecule has 3 nitrogen and oxygen atoms in total. The Bertz CT molecular complexity index is 863. The third-order valence-corrected chi connectivity index (χ3v) is 4.94. The quantitative estimate of drug-likeness (QED) is 0.711. The van der Waals surface area contributed by atoms with Crippen LogP contribution in [0.4, 0.5) is 5.69 Å². The number of hydrogen-bond acceptors (Lipinski definition) is 2. The SMILES string of the molecule is C1=NN(c2ccccc2)[C@@H]2c3[nH]c4ccccc4c3CC[C@@H]12. The molecule has 108 valence electrons. The van der Waals surface area contributed by atoms with Gasteiger partial charge in [0.15, 0.2) is 0 Å². The van der Waals surface area contributed by atoms with Crippen LogP contribution in [0.25, 0.3) is 10.9 Å². The van der Waals surface area contributed by atoms with Gasteiger partial charge in [0.25, 0.3) is 0 Å². The molecule has 2 atom stereocenters. The minimum atomic E-state index is 0.304. The van der Waals surface area contributed by atoms with Crippen molar-refractivity contribution >= 4 is 22.8 Å². The van der Waals surface area contributed by atoms with E-state index in [0.717, 1.165) is 12.1 Å². The summed E-state index contributed by atoms with van der Waals surface area (Å²) in [5.74, 6) is 0.501. The van der Waals surface area contributed by atoms with Gasteiger partial charge in [0.05, 0.1) is 5.69 Å². The molecule has 1 aliphatic carbocycles. The maximum Gasteiger partial charge on any atom is 0.100 e. The summed E-state index contributed by atoms with van der Waals surface area (Å²) in [5, 5.41) is 8.26. The molecule has 1 N–H and O–H groups in total. The fraction of sp³-hybridized carbons (Fsp3) is 0.211. The number of benzene rings is 2. The van der Waals surface area contributed by atoms with Crippen molar-refractivity contribution in [3.8, 4) is 0 Å². The number of hydrazone groups is 1. The summed E-state index contributed by atoms with van der Waals surface area (Å²) < 4.78 is 0. The maximum absolute atomic E-state index is 4.71. The summed E-state index contributed by atoms with van der Waals surface area (Å²) in [6, 6.07) is 19.4. The van der Waals surface area contributed by atoms with E-state index in [4.69, 9.17) is 5.10 Å². The van der Waals surface area contributed by atoms with Crippen molar-refractivity contribution in [1.82, 2.24) is 4.98 Å². The highest BCUT2D eigenvalue weighted by Gasteiger charge is 2.39. The molecule has 1 aromatic heterocycles. The normalized spacial score (nSPS) is 22.8. The van der Waals surface area contributed by atoms with Crippen molar-refractivity contribution in [3.05, 3.63) is 65.9 Å². The summed E-state index contributed by atoms with van der Waals surface area (Å²) in [7, 11) is 0. The summed E-state index contributed by atoms with van der Waals surface area (Å²) in [6.07, 6.45) is 4.44. The van der Waals surface area contributed by atoms with Gasteiger partial charge >= 0.3 is 0 Å². The van der Waals surface area contributed by atoms with Crippen LogP contribution in [0.15, 0.2) is 59.7 Å². The highest BCUT2D eigenvalue weighted by atomic mass is 15.5. The van der Waals surface area contributed by atoms with Gasteiger partial charge in [-0.15, -0.1) is 0 Å². The Kier molecular flexibility index (Phi) is 2.45. The van der Waals surface area contributed by atoms with E-state index in [1.54, 1.807) is 0 Å². The molecule has 3 heteroatoms. The van der Waals surface area contributed by atoms with Gasteiger partial charge in [-0.2, -0.15) is 5.10 Å². The van der Waals surface area contributed by atoms with Crippen molar-refractivity contribution < 1.29 is 0 Å². The molecule has 0 fully saturated rings. The highest BCUT2D eigenvalue weighted by Crippen LogP contribution is 2.45. The molecule has 2 heterocycles. The number of para-hydroxylation sites is 2. The number of fused-ring (bicyclic) bond motifs is 5. The van der Waals surface area contributed by atoms with E-state index in [1.165, 1.54) is 28.6 Å². The number of rotatable bonds is 1. The third-order valence-electron chi connectivity index (χ3n) is 4.94. The van der Waals surface area contributed by atoms with E-state index in [2.05, 4.69) is 70.8 Å². The molecular weight excluding hydrogens is 270 g/mol. The van der Waals surface area contributed by atoms with Gasteiger partial charge in [-0.1, -0.05) is 36.4 Å². The number of aromatic amines is 1. The number of anilines is 1. The number of aryl methyl sites for hydroxylation is 1. The average molecular weight is 287 g/mol. The number of nitrogens with one attached hydrogen (secondary N) is 1. The topological polar surface area (TPSA) is 31.4 Å². The van der Waals surface area contributed by atoms with Crippen molar-refractivity contribution in [2.75, 3.05) is 5.01 Å². The molecule has 0 bridgehead atoms. The van der Waals surface area contributed by atoms with Crippen LogP contribution < -0.4 is 5.01 Å². The van der Waals surface area contributed by atoms with Crippen LogP contribution in [0.3, 0.4) is 0 Å². The van der Waals surface area contributed by atoms with Crippen molar-refractivity contribution in [1.29, 1.82) is 0 Å². The number of H-pyrrole nitrogens is 1. The zero-order valence-electron chi connectivity index (χ0n) is 12.2. The van der Waals surface area contributed by atoms with Crippen molar-refractivity contribution in [2.24, 2.45) is 11.0 Å². The molecule has 0 saturated heterocycles. The maximum atomic E-state index is 4.71. The first-order valence-electron chi connectivity index (χ1n) is 7.90. The van der Waals surface area contributed by atoms with E-state index in [-0.39, 0.29) is 0 Å². The van der Waals surface area contributed by atoms with Crippen LogP contribution in [-0.2, 0) is 6.42 Å². The van der Waals surface area contributed by atoms with Crippen LogP contribution in [0.2, 0.25) is 0 Å². The second kappa shape index (κ2) is 4.47. The Morgan fingerprint density at radius 2 is 1.82 bits per heavy atom. The van der Waals surface area contributed by atoms with E-state index in [0.29, 0.717) is 12.0 Å². The zero-order valence-corrected chi connectivity index (χ0v) is 12.2. The standard InChI is InChI=1S/C19H17N3/c1-2-6-14(7-3-1)22-19-13(12-20-22)10-11-16-15-8-4-5-9-17(15)21-18(16)19/h1-9,12-13,19,21H,10-11H2/t13-,19-/m0/s1. The summed E-state index contributed by atoms with van der Waals surface area (Å²) >= 11 is 0. The lowest BCUT2D eigenvalue weighted by Crippen LogP contribution is -2.28. The highest BCUT2D eigenvalue weighted by molar-refractivity contribution is 5.86. The van der Waals surface area contributed by atoms with Crippen LogP contribution >= 0.6 is 0 Å².